The van der Waals surface area contributed by atoms with Crippen molar-refractivity contribution in [3.63, 3.8) is 0 Å². The lowest BCUT2D eigenvalue weighted by Crippen LogP contribution is -2.19. The molecule has 1 aromatic rings. The second kappa shape index (κ2) is 5.48. The standard InChI is InChI=1S/C9H12BrNO2S/c1-11-4-6(2-9(12)13)8-3-7(10)5-14-8/h3,5-6,11H,2,4H2,1H3,(H,12,13). The summed E-state index contributed by atoms with van der Waals surface area (Å²) >= 11 is 4.95. The Labute approximate surface area is 95.3 Å². The number of rotatable bonds is 5. The number of hydrogen-bond acceptors (Lipinski definition) is 3. The third-order valence-corrected chi connectivity index (χ3v) is 3.72. The lowest BCUT2D eigenvalue weighted by Gasteiger charge is -2.11. The van der Waals surface area contributed by atoms with Gasteiger partial charge in [-0.25, -0.2) is 0 Å². The van der Waals surface area contributed by atoms with E-state index in [0.29, 0.717) is 6.54 Å². The molecular weight excluding hydrogens is 266 g/mol. The summed E-state index contributed by atoms with van der Waals surface area (Å²) in [5, 5.41) is 13.7. The van der Waals surface area contributed by atoms with E-state index in [9.17, 15) is 4.79 Å². The molecule has 5 heteroatoms. The molecule has 0 bridgehead atoms. The molecule has 0 radical (unpaired) electrons. The van der Waals surface area contributed by atoms with Crippen LogP contribution in [0, 0.1) is 0 Å². The number of nitrogens with one attached hydrogen (secondary N) is 1. The summed E-state index contributed by atoms with van der Waals surface area (Å²) in [6.07, 6.45) is 0.174. The minimum Gasteiger partial charge on any atom is -0.481 e. The van der Waals surface area contributed by atoms with Gasteiger partial charge in [-0.1, -0.05) is 0 Å². The molecule has 3 nitrogen and oxygen atoms in total. The molecule has 1 unspecified atom stereocenters. The summed E-state index contributed by atoms with van der Waals surface area (Å²) in [6, 6.07) is 1.98. The molecule has 14 heavy (non-hydrogen) atoms. The van der Waals surface area contributed by atoms with E-state index in [2.05, 4.69) is 21.2 Å². The summed E-state index contributed by atoms with van der Waals surface area (Å²) in [4.78, 5) is 11.7. The first-order chi connectivity index (χ1) is 6.63. The molecule has 0 amide bonds. The first-order valence-electron chi connectivity index (χ1n) is 4.23. The van der Waals surface area contributed by atoms with Crippen molar-refractivity contribution in [2.75, 3.05) is 13.6 Å². The second-order valence-corrected chi connectivity index (χ2v) is 4.88. The molecule has 0 aliphatic rings. The van der Waals surface area contributed by atoms with Crippen molar-refractivity contribution in [3.8, 4) is 0 Å². The number of halogens is 1. The smallest absolute Gasteiger partial charge is 0.304 e. The van der Waals surface area contributed by atoms with E-state index in [-0.39, 0.29) is 12.3 Å². The summed E-state index contributed by atoms with van der Waals surface area (Å²) in [7, 11) is 1.83. The van der Waals surface area contributed by atoms with Gasteiger partial charge in [-0.05, 0) is 29.0 Å². The highest BCUT2D eigenvalue weighted by atomic mass is 79.9. The van der Waals surface area contributed by atoms with Gasteiger partial charge in [0.25, 0.3) is 0 Å². The van der Waals surface area contributed by atoms with Crippen LogP contribution in [0.3, 0.4) is 0 Å². The van der Waals surface area contributed by atoms with Gasteiger partial charge in [-0.15, -0.1) is 11.3 Å². The fourth-order valence-corrected chi connectivity index (χ4v) is 2.82. The molecule has 78 valence electrons. The first-order valence-corrected chi connectivity index (χ1v) is 5.91. The maximum atomic E-state index is 10.6. The second-order valence-electron chi connectivity index (χ2n) is 3.02. The van der Waals surface area contributed by atoms with Crippen LogP contribution in [0.2, 0.25) is 0 Å². The van der Waals surface area contributed by atoms with Crippen molar-refractivity contribution in [1.29, 1.82) is 0 Å². The Bertz CT molecular complexity index is 314. The minimum absolute atomic E-state index is 0.0637. The van der Waals surface area contributed by atoms with Crippen LogP contribution in [0.4, 0.5) is 0 Å². The molecule has 1 heterocycles. The monoisotopic (exact) mass is 277 g/mol. The summed E-state index contributed by atoms with van der Waals surface area (Å²) in [5.74, 6) is -0.691. The Balaban J connectivity index is 2.71. The quantitative estimate of drug-likeness (QED) is 0.868. The molecule has 0 aliphatic carbocycles. The van der Waals surface area contributed by atoms with Gasteiger partial charge >= 0.3 is 5.97 Å². The highest BCUT2D eigenvalue weighted by Gasteiger charge is 2.16. The van der Waals surface area contributed by atoms with E-state index in [1.54, 1.807) is 11.3 Å². The van der Waals surface area contributed by atoms with Gasteiger partial charge in [0.05, 0.1) is 6.42 Å². The topological polar surface area (TPSA) is 49.3 Å². The molecule has 0 saturated heterocycles. The van der Waals surface area contributed by atoms with Crippen molar-refractivity contribution in [3.05, 3.63) is 20.8 Å². The third-order valence-electron chi connectivity index (χ3n) is 1.86. The van der Waals surface area contributed by atoms with Gasteiger partial charge in [0.15, 0.2) is 0 Å². The van der Waals surface area contributed by atoms with Crippen molar-refractivity contribution in [1.82, 2.24) is 5.32 Å². The first kappa shape index (κ1) is 11.7. The van der Waals surface area contributed by atoms with Gasteiger partial charge in [0.2, 0.25) is 0 Å². The lowest BCUT2D eigenvalue weighted by molar-refractivity contribution is -0.137. The van der Waals surface area contributed by atoms with E-state index < -0.39 is 5.97 Å². The number of aliphatic carboxylic acids is 1. The Morgan fingerprint density at radius 1 is 1.79 bits per heavy atom. The zero-order valence-corrected chi connectivity index (χ0v) is 10.2. The van der Waals surface area contributed by atoms with Crippen LogP contribution in [0.1, 0.15) is 17.2 Å². The minimum atomic E-state index is -0.755. The molecule has 1 rings (SSSR count). The summed E-state index contributed by atoms with van der Waals surface area (Å²) in [5.41, 5.74) is 0. The Morgan fingerprint density at radius 3 is 2.93 bits per heavy atom. The molecule has 0 spiro atoms. The van der Waals surface area contributed by atoms with Crippen LogP contribution >= 0.6 is 27.3 Å². The maximum absolute atomic E-state index is 10.6. The average molecular weight is 278 g/mol. The molecule has 0 aliphatic heterocycles. The van der Waals surface area contributed by atoms with Crippen molar-refractivity contribution < 1.29 is 9.90 Å². The fourth-order valence-electron chi connectivity index (χ4n) is 1.27. The van der Waals surface area contributed by atoms with Crippen LogP contribution < -0.4 is 5.32 Å². The Hall–Kier alpha value is -0.390. The predicted octanol–water partition coefficient (Wildman–Crippen LogP) is 2.29. The lowest BCUT2D eigenvalue weighted by atomic mass is 10.0. The number of carbonyl (C=O) groups is 1. The Kier molecular flexibility index (Phi) is 4.57. The van der Waals surface area contributed by atoms with Crippen LogP contribution in [0.5, 0.6) is 0 Å². The number of hydrogen-bond donors (Lipinski definition) is 2. The zero-order valence-electron chi connectivity index (χ0n) is 7.79. The number of thiophene rings is 1. The highest BCUT2D eigenvalue weighted by molar-refractivity contribution is 9.10. The third kappa shape index (κ3) is 3.40. The van der Waals surface area contributed by atoms with Crippen molar-refractivity contribution in [2.24, 2.45) is 0 Å². The normalized spacial score (nSPS) is 12.7. The fraction of sp³-hybridized carbons (Fsp3) is 0.444. The summed E-state index contributed by atoms with van der Waals surface area (Å²) in [6.45, 7) is 0.694. The van der Waals surface area contributed by atoms with E-state index in [1.165, 1.54) is 0 Å². The SMILES string of the molecule is CNCC(CC(=O)O)c1cc(Br)cs1. The Morgan fingerprint density at radius 2 is 2.50 bits per heavy atom. The average Bonchev–Trinajstić information content (AvgIpc) is 2.50. The van der Waals surface area contributed by atoms with Gasteiger partial charge in [0.1, 0.15) is 0 Å². The molecular formula is C9H12BrNO2S. The van der Waals surface area contributed by atoms with E-state index in [0.717, 1.165) is 9.35 Å². The van der Waals surface area contributed by atoms with Crippen molar-refractivity contribution in [2.45, 2.75) is 12.3 Å². The molecule has 0 fully saturated rings. The van der Waals surface area contributed by atoms with Crippen LogP contribution in [-0.4, -0.2) is 24.7 Å². The number of carboxylic acids is 1. The molecule has 1 atom stereocenters. The van der Waals surface area contributed by atoms with Gasteiger partial charge in [0, 0.05) is 27.2 Å². The maximum Gasteiger partial charge on any atom is 0.304 e. The molecule has 0 aromatic carbocycles. The molecule has 1 aromatic heterocycles. The molecule has 2 N–H and O–H groups in total. The van der Waals surface area contributed by atoms with Gasteiger partial charge in [-0.3, -0.25) is 4.79 Å². The van der Waals surface area contributed by atoms with Crippen LogP contribution in [0.15, 0.2) is 15.9 Å². The summed E-state index contributed by atoms with van der Waals surface area (Å²) < 4.78 is 1.02. The van der Waals surface area contributed by atoms with E-state index >= 15 is 0 Å². The van der Waals surface area contributed by atoms with Crippen molar-refractivity contribution >= 4 is 33.2 Å². The predicted molar refractivity (Wildman–Crippen MR) is 60.9 cm³/mol. The van der Waals surface area contributed by atoms with Crippen LogP contribution in [0.25, 0.3) is 0 Å². The molecule has 0 saturated carbocycles. The van der Waals surface area contributed by atoms with Gasteiger partial charge in [-0.2, -0.15) is 0 Å². The highest BCUT2D eigenvalue weighted by Crippen LogP contribution is 2.28. The van der Waals surface area contributed by atoms with Crippen LogP contribution in [-0.2, 0) is 4.79 Å². The van der Waals surface area contributed by atoms with E-state index in [1.807, 2.05) is 18.5 Å². The van der Waals surface area contributed by atoms with E-state index in [4.69, 9.17) is 5.11 Å². The zero-order chi connectivity index (χ0) is 10.6. The number of carboxylic acid groups (broad SMARTS) is 1. The van der Waals surface area contributed by atoms with Gasteiger partial charge < -0.3 is 10.4 Å². The largest absolute Gasteiger partial charge is 0.481 e. The number of likely N-dealkylation sites (N-methyl/N-ethyl adjacent to an activating group) is 1.